The van der Waals surface area contributed by atoms with Crippen LogP contribution >= 0.6 is 0 Å². The van der Waals surface area contributed by atoms with Crippen LogP contribution in [0.25, 0.3) is 0 Å². The molecule has 0 unspecified atom stereocenters. The zero-order valence-corrected chi connectivity index (χ0v) is 20.6. The van der Waals surface area contributed by atoms with Crippen LogP contribution in [-0.2, 0) is 131 Å². The Labute approximate surface area is 203 Å². The van der Waals surface area contributed by atoms with E-state index in [2.05, 4.69) is 21.2 Å². The third kappa shape index (κ3) is 11.0. The average Bonchev–Trinajstić information content (AvgIpc) is 2.62. The number of aliphatic imine (C=N–C) groups is 3. The van der Waals surface area contributed by atoms with Gasteiger partial charge in [-0.2, -0.15) is 18.5 Å². The third-order valence-corrected chi connectivity index (χ3v) is 1.41. The van der Waals surface area contributed by atoms with Crippen LogP contribution in [0.1, 0.15) is 6.42 Å². The molecule has 0 aromatic carbocycles. The van der Waals surface area contributed by atoms with Crippen LogP contribution in [-0.4, -0.2) is 18.6 Å². The van der Waals surface area contributed by atoms with E-state index < -0.39 is 0 Å². The van der Waals surface area contributed by atoms with Gasteiger partial charge in [0, 0.05) is 131 Å². The van der Waals surface area contributed by atoms with E-state index in [4.69, 9.17) is 19.9 Å². The first-order chi connectivity index (χ1) is 6.27. The largest absolute Gasteiger partial charge is 0.601 e. The number of hydrogen-bond acceptors (Lipinski definition) is 3. The van der Waals surface area contributed by atoms with Gasteiger partial charge >= 0.3 is 0 Å². The maximum Gasteiger partial charge on any atom is 0 e. The molecule has 3 nitrogen and oxygen atoms in total. The van der Waals surface area contributed by atoms with E-state index in [1.54, 1.807) is 6.08 Å². The Balaban J connectivity index is -0.000000211. The molecule has 0 fully saturated rings. The Bertz CT molecular complexity index is 345. The summed E-state index contributed by atoms with van der Waals surface area (Å²) in [5.74, 6) is 0. The summed E-state index contributed by atoms with van der Waals surface area (Å²) in [4.78, 5) is 11.0. The van der Waals surface area contributed by atoms with Crippen LogP contribution < -0.4 is 0 Å². The number of allylic oxidation sites excluding steroid dienone is 1. The molecular formula is C10H7N3Y4-4. The van der Waals surface area contributed by atoms with Crippen molar-refractivity contribution in [3.8, 4) is 0 Å². The second-order valence-corrected chi connectivity index (χ2v) is 2.26. The minimum Gasteiger partial charge on any atom is -0.601 e. The second-order valence-electron chi connectivity index (χ2n) is 2.26. The Morgan fingerprint density at radius 3 is 2.41 bits per heavy atom. The molecule has 4 radical (unpaired) electrons. The fourth-order valence-electron chi connectivity index (χ4n) is 0.840. The zero-order valence-electron chi connectivity index (χ0n) is 9.24. The second kappa shape index (κ2) is 16.7. The van der Waals surface area contributed by atoms with Crippen molar-refractivity contribution in [1.82, 2.24) is 0 Å². The molecule has 1 heterocycles. The SMILES string of the molecule is [CH-]=CN=[C-]C1=NC(C(=[CH-])N=[CH-])=CC1.[Y].[Y].[Y].[Y]. The van der Waals surface area contributed by atoms with Crippen LogP contribution in [0.15, 0.2) is 38.6 Å². The molecule has 0 aliphatic carbocycles. The van der Waals surface area contributed by atoms with Crippen LogP contribution in [0.3, 0.4) is 0 Å². The molecule has 7 heteroatoms. The monoisotopic (exact) mass is 525 g/mol. The summed E-state index contributed by atoms with van der Waals surface area (Å²) in [5.41, 5.74) is 1.41. The molecule has 0 saturated heterocycles. The van der Waals surface area contributed by atoms with Gasteiger partial charge in [0.05, 0.1) is 0 Å². The Hall–Kier alpha value is 2.65. The third-order valence-electron chi connectivity index (χ3n) is 1.41. The molecule has 0 N–H and O–H groups in total. The number of hydrogen-bond donors (Lipinski definition) is 0. The summed E-state index contributed by atoms with van der Waals surface area (Å²) in [6, 6.07) is 0. The quantitative estimate of drug-likeness (QED) is 0.395. The fourth-order valence-corrected chi connectivity index (χ4v) is 0.840. The summed E-state index contributed by atoms with van der Waals surface area (Å²) in [6.45, 7) is 15.4. The molecular weight excluding hydrogens is 518 g/mol. The van der Waals surface area contributed by atoms with Crippen molar-refractivity contribution in [1.29, 1.82) is 0 Å². The van der Waals surface area contributed by atoms with Gasteiger partial charge in [0.1, 0.15) is 0 Å². The average molecular weight is 525 g/mol. The first-order valence-corrected chi connectivity index (χ1v) is 3.58. The van der Waals surface area contributed by atoms with Gasteiger partial charge in [-0.3, -0.25) is 5.70 Å². The molecule has 1 aliphatic rings. The summed E-state index contributed by atoms with van der Waals surface area (Å²) in [5, 5.41) is 0. The zero-order chi connectivity index (χ0) is 9.68. The van der Waals surface area contributed by atoms with Crippen LogP contribution in [0.4, 0.5) is 0 Å². The van der Waals surface area contributed by atoms with Gasteiger partial charge in [-0.25, -0.2) is 0 Å². The van der Waals surface area contributed by atoms with E-state index in [0.29, 0.717) is 17.8 Å². The van der Waals surface area contributed by atoms with E-state index >= 15 is 0 Å². The molecule has 0 atom stereocenters. The first kappa shape index (κ1) is 27.9. The normalized spacial score (nSPS) is 11.8. The summed E-state index contributed by atoms with van der Waals surface area (Å²) < 4.78 is 0. The number of rotatable bonds is 4. The Kier molecular flexibility index (Phi) is 27.4. The topological polar surface area (TPSA) is 37.1 Å². The van der Waals surface area contributed by atoms with Gasteiger partial charge in [-0.1, -0.05) is 5.71 Å². The van der Waals surface area contributed by atoms with Crippen molar-refractivity contribution in [2.45, 2.75) is 6.42 Å². The van der Waals surface area contributed by atoms with Gasteiger partial charge in [-0.15, -0.1) is 6.21 Å². The summed E-state index contributed by atoms with van der Waals surface area (Å²) >= 11 is 0. The Morgan fingerprint density at radius 2 is 1.94 bits per heavy atom. The number of nitrogens with zero attached hydrogens (tertiary/aromatic N) is 3. The molecule has 17 heavy (non-hydrogen) atoms. The maximum absolute atomic E-state index is 5.43. The predicted molar refractivity (Wildman–Crippen MR) is 52.7 cm³/mol. The van der Waals surface area contributed by atoms with E-state index in [0.717, 1.165) is 6.20 Å². The molecule has 1 rings (SSSR count). The molecule has 1 aliphatic heterocycles. The van der Waals surface area contributed by atoms with Gasteiger partial charge in [0.25, 0.3) is 0 Å². The van der Waals surface area contributed by atoms with Crippen LogP contribution in [0.2, 0.25) is 0 Å². The summed E-state index contributed by atoms with van der Waals surface area (Å²) in [7, 11) is 0. The van der Waals surface area contributed by atoms with E-state index in [-0.39, 0.29) is 137 Å². The minimum absolute atomic E-state index is 0. The predicted octanol–water partition coefficient (Wildman–Crippen LogP) is 1.49. The van der Waals surface area contributed by atoms with Crippen molar-refractivity contribution < 1.29 is 131 Å². The molecule has 0 amide bonds. The Morgan fingerprint density at radius 1 is 1.35 bits per heavy atom. The van der Waals surface area contributed by atoms with Crippen molar-refractivity contribution in [2.24, 2.45) is 15.0 Å². The van der Waals surface area contributed by atoms with Crippen molar-refractivity contribution in [3.63, 3.8) is 0 Å². The van der Waals surface area contributed by atoms with E-state index in [1.165, 1.54) is 0 Å². The van der Waals surface area contributed by atoms with Crippen LogP contribution in [0, 0.1) is 13.2 Å². The molecule has 0 spiro atoms. The van der Waals surface area contributed by atoms with Crippen LogP contribution in [0.5, 0.6) is 0 Å². The smallest absolute Gasteiger partial charge is 0 e. The standard InChI is InChI=1S/C10H7N3.4Y/c1-4-12-7-9-5-6-10(13-9)8(2)11-3;;;;/h1-4,6H,5H2;;;;/q-4;;;;. The van der Waals surface area contributed by atoms with Gasteiger partial charge in [0.15, 0.2) is 0 Å². The minimum atomic E-state index is 0. The van der Waals surface area contributed by atoms with Crippen molar-refractivity contribution in [2.75, 3.05) is 0 Å². The maximum atomic E-state index is 5.43. The molecule has 0 aromatic heterocycles. The molecule has 78 valence electrons. The van der Waals surface area contributed by atoms with Gasteiger partial charge in [-0.05, 0) is 6.42 Å². The van der Waals surface area contributed by atoms with E-state index in [9.17, 15) is 0 Å². The van der Waals surface area contributed by atoms with Gasteiger partial charge in [0.2, 0.25) is 0 Å². The van der Waals surface area contributed by atoms with Crippen molar-refractivity contribution >= 4 is 18.6 Å². The van der Waals surface area contributed by atoms with E-state index in [1.807, 2.05) is 0 Å². The molecule has 0 bridgehead atoms. The molecule has 0 aromatic rings. The fraction of sp³-hybridized carbons (Fsp3) is 0.100. The van der Waals surface area contributed by atoms with Gasteiger partial charge < -0.3 is 34.3 Å². The first-order valence-electron chi connectivity index (χ1n) is 3.58. The molecule has 0 saturated carbocycles. The van der Waals surface area contributed by atoms with Crippen molar-refractivity contribution in [3.05, 3.63) is 36.8 Å². The summed E-state index contributed by atoms with van der Waals surface area (Å²) in [6.07, 6.45) is 6.18.